The van der Waals surface area contributed by atoms with E-state index >= 15 is 0 Å². The van der Waals surface area contributed by atoms with Crippen LogP contribution in [0.5, 0.6) is 0 Å². The molecule has 0 unspecified atom stereocenters. The van der Waals surface area contributed by atoms with Gasteiger partial charge in [0.05, 0.1) is 11.8 Å². The standard InChI is InChI=1S/C12H18N4O3/c1-2-14-3-5-15(6-4-14)12(19)10-7-13-16(8-10)9-11(17)18/h7-8H,2-6,9H2,1H3,(H,17,18). The molecule has 1 N–H and O–H groups in total. The summed E-state index contributed by atoms with van der Waals surface area (Å²) in [5.41, 5.74) is 0.450. The van der Waals surface area contributed by atoms with Gasteiger partial charge >= 0.3 is 5.97 Å². The first-order chi connectivity index (χ1) is 9.10. The topological polar surface area (TPSA) is 78.7 Å². The molecule has 7 nitrogen and oxygen atoms in total. The highest BCUT2D eigenvalue weighted by molar-refractivity contribution is 5.93. The van der Waals surface area contributed by atoms with E-state index in [0.717, 1.165) is 19.6 Å². The summed E-state index contributed by atoms with van der Waals surface area (Å²) in [4.78, 5) is 26.8. The zero-order chi connectivity index (χ0) is 13.8. The Balaban J connectivity index is 1.96. The lowest BCUT2D eigenvalue weighted by atomic mass is 10.2. The monoisotopic (exact) mass is 266 g/mol. The van der Waals surface area contributed by atoms with Gasteiger partial charge in [-0.1, -0.05) is 6.92 Å². The van der Waals surface area contributed by atoms with E-state index in [9.17, 15) is 9.59 Å². The SMILES string of the molecule is CCN1CCN(C(=O)c2cnn(CC(=O)O)c2)CC1. The molecule has 0 radical (unpaired) electrons. The van der Waals surface area contributed by atoms with Gasteiger partial charge < -0.3 is 14.9 Å². The van der Waals surface area contributed by atoms with E-state index in [-0.39, 0.29) is 12.5 Å². The van der Waals surface area contributed by atoms with Crippen molar-refractivity contribution in [1.29, 1.82) is 0 Å². The van der Waals surface area contributed by atoms with Crippen molar-refractivity contribution in [3.63, 3.8) is 0 Å². The molecular weight excluding hydrogens is 248 g/mol. The highest BCUT2D eigenvalue weighted by Gasteiger charge is 2.22. The van der Waals surface area contributed by atoms with Gasteiger partial charge in [0.15, 0.2) is 0 Å². The number of hydrogen-bond donors (Lipinski definition) is 1. The number of aromatic nitrogens is 2. The smallest absolute Gasteiger partial charge is 0.325 e. The molecule has 1 fully saturated rings. The minimum absolute atomic E-state index is 0.0765. The Hall–Kier alpha value is -1.89. The van der Waals surface area contributed by atoms with Crippen molar-refractivity contribution in [1.82, 2.24) is 19.6 Å². The van der Waals surface area contributed by atoms with Gasteiger partial charge in [0.2, 0.25) is 0 Å². The number of rotatable bonds is 4. The number of piperazine rings is 1. The third-order valence-corrected chi connectivity index (χ3v) is 3.28. The number of hydrogen-bond acceptors (Lipinski definition) is 4. The molecule has 0 atom stereocenters. The second kappa shape index (κ2) is 5.83. The van der Waals surface area contributed by atoms with Crippen LogP contribution in [0.2, 0.25) is 0 Å². The van der Waals surface area contributed by atoms with Gasteiger partial charge in [0.25, 0.3) is 5.91 Å². The lowest BCUT2D eigenvalue weighted by molar-refractivity contribution is -0.137. The van der Waals surface area contributed by atoms with Gasteiger partial charge in [-0.2, -0.15) is 5.10 Å². The van der Waals surface area contributed by atoms with Crippen molar-refractivity contribution in [3.8, 4) is 0 Å². The first-order valence-corrected chi connectivity index (χ1v) is 6.36. The summed E-state index contributed by atoms with van der Waals surface area (Å²) in [5, 5.41) is 12.5. The molecule has 1 aliphatic rings. The average Bonchev–Trinajstić information content (AvgIpc) is 2.85. The van der Waals surface area contributed by atoms with Gasteiger partial charge in [-0.3, -0.25) is 14.3 Å². The number of carbonyl (C=O) groups is 2. The molecule has 0 aliphatic carbocycles. The predicted octanol–water partition coefficient (Wildman–Crippen LogP) is -0.255. The summed E-state index contributed by atoms with van der Waals surface area (Å²) in [5.74, 6) is -1.05. The summed E-state index contributed by atoms with van der Waals surface area (Å²) in [6.45, 7) is 6.05. The molecular formula is C12H18N4O3. The highest BCUT2D eigenvalue weighted by atomic mass is 16.4. The van der Waals surface area contributed by atoms with Crippen LogP contribution in [-0.2, 0) is 11.3 Å². The van der Waals surface area contributed by atoms with Gasteiger partial charge in [0.1, 0.15) is 6.54 Å². The number of amides is 1. The fourth-order valence-corrected chi connectivity index (χ4v) is 2.15. The van der Waals surface area contributed by atoms with Crippen molar-refractivity contribution in [3.05, 3.63) is 18.0 Å². The van der Waals surface area contributed by atoms with E-state index in [1.807, 2.05) is 0 Å². The van der Waals surface area contributed by atoms with E-state index in [2.05, 4.69) is 16.9 Å². The van der Waals surface area contributed by atoms with Crippen LogP contribution in [0.1, 0.15) is 17.3 Å². The van der Waals surface area contributed by atoms with Gasteiger partial charge in [0, 0.05) is 32.4 Å². The van der Waals surface area contributed by atoms with Crippen molar-refractivity contribution in [2.45, 2.75) is 13.5 Å². The molecule has 104 valence electrons. The number of aliphatic carboxylic acids is 1. The number of likely N-dealkylation sites (N-methyl/N-ethyl adjacent to an activating group) is 1. The number of carboxylic acids is 1. The number of nitrogens with zero attached hydrogens (tertiary/aromatic N) is 4. The van der Waals surface area contributed by atoms with Gasteiger partial charge in [-0.25, -0.2) is 0 Å². The highest BCUT2D eigenvalue weighted by Crippen LogP contribution is 2.08. The molecule has 0 bridgehead atoms. The Morgan fingerprint density at radius 1 is 1.32 bits per heavy atom. The van der Waals surface area contributed by atoms with E-state index in [4.69, 9.17) is 5.11 Å². The molecule has 19 heavy (non-hydrogen) atoms. The first kappa shape index (κ1) is 13.5. The summed E-state index contributed by atoms with van der Waals surface area (Å²) in [7, 11) is 0. The number of carboxylic acid groups (broad SMARTS) is 1. The molecule has 1 aromatic heterocycles. The fourth-order valence-electron chi connectivity index (χ4n) is 2.15. The maximum atomic E-state index is 12.2. The minimum atomic E-state index is -0.973. The quantitative estimate of drug-likeness (QED) is 0.812. The third-order valence-electron chi connectivity index (χ3n) is 3.28. The van der Waals surface area contributed by atoms with Gasteiger partial charge in [-0.15, -0.1) is 0 Å². The molecule has 1 saturated heterocycles. The molecule has 2 rings (SSSR count). The molecule has 0 aromatic carbocycles. The van der Waals surface area contributed by atoms with Crippen LogP contribution in [0.4, 0.5) is 0 Å². The molecule has 2 heterocycles. The lowest BCUT2D eigenvalue weighted by Crippen LogP contribution is -2.48. The maximum Gasteiger partial charge on any atom is 0.325 e. The van der Waals surface area contributed by atoms with Crippen molar-refractivity contribution >= 4 is 11.9 Å². The van der Waals surface area contributed by atoms with E-state index in [0.29, 0.717) is 18.7 Å². The molecule has 0 spiro atoms. The summed E-state index contributed by atoms with van der Waals surface area (Å²) in [6.07, 6.45) is 2.92. The predicted molar refractivity (Wildman–Crippen MR) is 67.9 cm³/mol. The molecule has 0 saturated carbocycles. The first-order valence-electron chi connectivity index (χ1n) is 6.36. The summed E-state index contributed by atoms with van der Waals surface area (Å²) < 4.78 is 1.26. The second-order valence-electron chi connectivity index (χ2n) is 4.55. The van der Waals surface area contributed by atoms with Crippen LogP contribution in [-0.4, -0.2) is 69.3 Å². The zero-order valence-corrected chi connectivity index (χ0v) is 10.9. The van der Waals surface area contributed by atoms with Crippen LogP contribution in [0.25, 0.3) is 0 Å². The number of carbonyl (C=O) groups excluding carboxylic acids is 1. The molecule has 1 aromatic rings. The largest absolute Gasteiger partial charge is 0.480 e. The van der Waals surface area contributed by atoms with Crippen molar-refractivity contribution in [2.24, 2.45) is 0 Å². The minimum Gasteiger partial charge on any atom is -0.480 e. The second-order valence-corrected chi connectivity index (χ2v) is 4.55. The Morgan fingerprint density at radius 2 is 2.00 bits per heavy atom. The fraction of sp³-hybridized carbons (Fsp3) is 0.583. The summed E-state index contributed by atoms with van der Waals surface area (Å²) >= 11 is 0. The molecule has 7 heteroatoms. The normalized spacial score (nSPS) is 16.6. The van der Waals surface area contributed by atoms with Crippen LogP contribution in [0, 0.1) is 0 Å². The van der Waals surface area contributed by atoms with Crippen LogP contribution < -0.4 is 0 Å². The molecule has 1 aliphatic heterocycles. The Morgan fingerprint density at radius 3 is 2.58 bits per heavy atom. The van der Waals surface area contributed by atoms with E-state index in [1.165, 1.54) is 17.1 Å². The van der Waals surface area contributed by atoms with Crippen molar-refractivity contribution < 1.29 is 14.7 Å². The average molecular weight is 266 g/mol. The Labute approximate surface area is 111 Å². The summed E-state index contributed by atoms with van der Waals surface area (Å²) in [6, 6.07) is 0. The molecule has 1 amide bonds. The lowest BCUT2D eigenvalue weighted by Gasteiger charge is -2.33. The zero-order valence-electron chi connectivity index (χ0n) is 10.9. The van der Waals surface area contributed by atoms with E-state index < -0.39 is 5.97 Å². The van der Waals surface area contributed by atoms with E-state index in [1.54, 1.807) is 4.90 Å². The van der Waals surface area contributed by atoms with Crippen molar-refractivity contribution in [2.75, 3.05) is 32.7 Å². The van der Waals surface area contributed by atoms with Crippen LogP contribution in [0.15, 0.2) is 12.4 Å². The van der Waals surface area contributed by atoms with Crippen LogP contribution in [0.3, 0.4) is 0 Å². The van der Waals surface area contributed by atoms with Crippen LogP contribution >= 0.6 is 0 Å². The van der Waals surface area contributed by atoms with Gasteiger partial charge in [-0.05, 0) is 6.54 Å². The Kier molecular flexibility index (Phi) is 4.16. The Bertz CT molecular complexity index is 463. The maximum absolute atomic E-state index is 12.2. The third kappa shape index (κ3) is 3.31.